The Bertz CT molecular complexity index is 622. The third kappa shape index (κ3) is 4.43. The number of nitrogens with one attached hydrogen (secondary N) is 1. The number of hydrogen-bond donors (Lipinski definition) is 1. The molecule has 0 aliphatic carbocycles. The summed E-state index contributed by atoms with van der Waals surface area (Å²) in [5.41, 5.74) is 1.14. The molecule has 1 unspecified atom stereocenters. The van der Waals surface area contributed by atoms with Gasteiger partial charge in [-0.2, -0.15) is 0 Å². The van der Waals surface area contributed by atoms with E-state index in [1.807, 2.05) is 29.2 Å². The highest BCUT2D eigenvalue weighted by Gasteiger charge is 2.21. The van der Waals surface area contributed by atoms with Crippen LogP contribution in [0.2, 0.25) is 0 Å². The minimum atomic E-state index is 0.136. The molecule has 2 aromatic rings. The molecule has 1 amide bonds. The van der Waals surface area contributed by atoms with Gasteiger partial charge in [-0.3, -0.25) is 14.7 Å². The van der Waals surface area contributed by atoms with Gasteiger partial charge in [0.05, 0.1) is 19.4 Å². The standard InChI is InChI=1S/C18H24N4O2/c1-15(16-4-6-19-7-5-16)20-13-18(23)22-10-8-21(9-11-22)14-17-3-2-12-24-17/h2-7,12,15,20H,8-11,13-14H2,1H3. The van der Waals surface area contributed by atoms with Gasteiger partial charge in [0.2, 0.25) is 5.91 Å². The van der Waals surface area contributed by atoms with Crippen molar-refractivity contribution in [1.29, 1.82) is 0 Å². The number of carbonyl (C=O) groups is 1. The largest absolute Gasteiger partial charge is 0.468 e. The first-order chi connectivity index (χ1) is 11.7. The zero-order valence-electron chi connectivity index (χ0n) is 14.0. The van der Waals surface area contributed by atoms with Crippen molar-refractivity contribution in [2.45, 2.75) is 19.5 Å². The van der Waals surface area contributed by atoms with Crippen molar-refractivity contribution >= 4 is 5.91 Å². The minimum Gasteiger partial charge on any atom is -0.468 e. The van der Waals surface area contributed by atoms with Crippen molar-refractivity contribution in [2.24, 2.45) is 0 Å². The molecular weight excluding hydrogens is 304 g/mol. The van der Waals surface area contributed by atoms with Crippen molar-refractivity contribution in [3.05, 3.63) is 54.2 Å². The predicted molar refractivity (Wildman–Crippen MR) is 91.2 cm³/mol. The van der Waals surface area contributed by atoms with Crippen LogP contribution in [0.15, 0.2) is 47.3 Å². The van der Waals surface area contributed by atoms with Crippen molar-refractivity contribution in [3.63, 3.8) is 0 Å². The van der Waals surface area contributed by atoms with E-state index in [-0.39, 0.29) is 11.9 Å². The first-order valence-electron chi connectivity index (χ1n) is 8.38. The third-order valence-corrected chi connectivity index (χ3v) is 4.45. The highest BCUT2D eigenvalue weighted by Crippen LogP contribution is 2.11. The van der Waals surface area contributed by atoms with E-state index in [1.165, 1.54) is 0 Å². The number of carbonyl (C=O) groups excluding carboxylic acids is 1. The molecule has 1 aliphatic heterocycles. The van der Waals surface area contributed by atoms with Crippen LogP contribution in [0, 0.1) is 0 Å². The summed E-state index contributed by atoms with van der Waals surface area (Å²) in [5, 5.41) is 3.30. The Labute approximate surface area is 142 Å². The number of pyridine rings is 1. The summed E-state index contributed by atoms with van der Waals surface area (Å²) < 4.78 is 5.38. The lowest BCUT2D eigenvalue weighted by molar-refractivity contribution is -0.132. The van der Waals surface area contributed by atoms with Crippen LogP contribution in [-0.2, 0) is 11.3 Å². The van der Waals surface area contributed by atoms with Gasteiger partial charge in [-0.25, -0.2) is 0 Å². The molecule has 6 heteroatoms. The summed E-state index contributed by atoms with van der Waals surface area (Å²) in [5.74, 6) is 1.14. The van der Waals surface area contributed by atoms with Crippen LogP contribution in [0.5, 0.6) is 0 Å². The van der Waals surface area contributed by atoms with E-state index in [0.717, 1.165) is 44.0 Å². The molecule has 1 fully saturated rings. The van der Waals surface area contributed by atoms with Crippen molar-refractivity contribution < 1.29 is 9.21 Å². The maximum Gasteiger partial charge on any atom is 0.236 e. The fourth-order valence-corrected chi connectivity index (χ4v) is 2.90. The molecule has 1 saturated heterocycles. The van der Waals surface area contributed by atoms with E-state index < -0.39 is 0 Å². The Balaban J connectivity index is 1.40. The smallest absolute Gasteiger partial charge is 0.236 e. The average Bonchev–Trinajstić information content (AvgIpc) is 3.14. The maximum atomic E-state index is 12.4. The van der Waals surface area contributed by atoms with Crippen molar-refractivity contribution in [3.8, 4) is 0 Å². The second-order valence-corrected chi connectivity index (χ2v) is 6.12. The molecule has 2 aromatic heterocycles. The first kappa shape index (κ1) is 16.7. The number of rotatable bonds is 6. The highest BCUT2D eigenvalue weighted by atomic mass is 16.3. The maximum absolute atomic E-state index is 12.4. The summed E-state index contributed by atoms with van der Waals surface area (Å²) in [6, 6.07) is 7.97. The molecule has 0 saturated carbocycles. The molecule has 0 aromatic carbocycles. The lowest BCUT2D eigenvalue weighted by Crippen LogP contribution is -2.50. The number of hydrogen-bond acceptors (Lipinski definition) is 5. The Morgan fingerprint density at radius 1 is 1.25 bits per heavy atom. The zero-order chi connectivity index (χ0) is 16.8. The molecule has 0 radical (unpaired) electrons. The number of amides is 1. The molecule has 0 spiro atoms. The van der Waals surface area contributed by atoms with Crippen molar-refractivity contribution in [1.82, 2.24) is 20.1 Å². The Hall–Kier alpha value is -2.18. The summed E-state index contributed by atoms with van der Waals surface area (Å²) in [7, 11) is 0. The van der Waals surface area contributed by atoms with Gasteiger partial charge in [-0.1, -0.05) is 0 Å². The number of furan rings is 1. The van der Waals surface area contributed by atoms with E-state index in [1.54, 1.807) is 18.7 Å². The van der Waals surface area contributed by atoms with E-state index in [2.05, 4.69) is 22.1 Å². The Kier molecular flexibility index (Phi) is 5.61. The van der Waals surface area contributed by atoms with Gasteiger partial charge in [0.25, 0.3) is 0 Å². The van der Waals surface area contributed by atoms with Gasteiger partial charge < -0.3 is 14.6 Å². The van der Waals surface area contributed by atoms with Crippen LogP contribution < -0.4 is 5.32 Å². The van der Waals surface area contributed by atoms with Gasteiger partial charge in [-0.05, 0) is 36.8 Å². The molecule has 0 bridgehead atoms. The number of nitrogens with zero attached hydrogens (tertiary/aromatic N) is 3. The van der Waals surface area contributed by atoms with Crippen LogP contribution in [-0.4, -0.2) is 53.4 Å². The SMILES string of the molecule is CC(NCC(=O)N1CCN(Cc2ccco2)CC1)c1ccncc1. The van der Waals surface area contributed by atoms with Crippen LogP contribution in [0.3, 0.4) is 0 Å². The van der Waals surface area contributed by atoms with E-state index in [4.69, 9.17) is 4.42 Å². The summed E-state index contributed by atoms with van der Waals surface area (Å²) in [6.07, 6.45) is 5.24. The molecule has 3 heterocycles. The molecule has 1 N–H and O–H groups in total. The summed E-state index contributed by atoms with van der Waals surface area (Å²) >= 11 is 0. The van der Waals surface area contributed by atoms with Gasteiger partial charge in [0.1, 0.15) is 5.76 Å². The van der Waals surface area contributed by atoms with Crippen LogP contribution in [0.25, 0.3) is 0 Å². The second kappa shape index (κ2) is 8.08. The normalized spacial score (nSPS) is 17.0. The Morgan fingerprint density at radius 2 is 2.00 bits per heavy atom. The fraction of sp³-hybridized carbons (Fsp3) is 0.444. The van der Waals surface area contributed by atoms with Gasteiger partial charge in [-0.15, -0.1) is 0 Å². The molecule has 1 aliphatic rings. The average molecular weight is 328 g/mol. The van der Waals surface area contributed by atoms with Crippen LogP contribution in [0.4, 0.5) is 0 Å². The monoisotopic (exact) mass is 328 g/mol. The lowest BCUT2D eigenvalue weighted by Gasteiger charge is -2.34. The molecule has 1 atom stereocenters. The van der Waals surface area contributed by atoms with E-state index in [9.17, 15) is 4.79 Å². The molecular formula is C18H24N4O2. The van der Waals surface area contributed by atoms with E-state index >= 15 is 0 Å². The highest BCUT2D eigenvalue weighted by molar-refractivity contribution is 5.78. The minimum absolute atomic E-state index is 0.136. The number of piperazine rings is 1. The lowest BCUT2D eigenvalue weighted by atomic mass is 10.1. The topological polar surface area (TPSA) is 61.6 Å². The van der Waals surface area contributed by atoms with Gasteiger partial charge in [0.15, 0.2) is 0 Å². The van der Waals surface area contributed by atoms with Crippen molar-refractivity contribution in [2.75, 3.05) is 32.7 Å². The molecule has 6 nitrogen and oxygen atoms in total. The fourth-order valence-electron chi connectivity index (χ4n) is 2.90. The summed E-state index contributed by atoms with van der Waals surface area (Å²) in [6.45, 7) is 6.53. The first-order valence-corrected chi connectivity index (χ1v) is 8.38. The van der Waals surface area contributed by atoms with Crippen LogP contribution in [0.1, 0.15) is 24.3 Å². The van der Waals surface area contributed by atoms with Gasteiger partial charge in [0, 0.05) is 44.6 Å². The molecule has 24 heavy (non-hydrogen) atoms. The molecule has 128 valence electrons. The van der Waals surface area contributed by atoms with E-state index in [0.29, 0.717) is 6.54 Å². The Morgan fingerprint density at radius 3 is 2.67 bits per heavy atom. The quantitative estimate of drug-likeness (QED) is 0.874. The van der Waals surface area contributed by atoms with Gasteiger partial charge >= 0.3 is 0 Å². The second-order valence-electron chi connectivity index (χ2n) is 6.12. The molecule has 3 rings (SSSR count). The predicted octanol–water partition coefficient (Wildman–Crippen LogP) is 1.67. The summed E-state index contributed by atoms with van der Waals surface area (Å²) in [4.78, 5) is 20.6. The third-order valence-electron chi connectivity index (χ3n) is 4.45. The number of aromatic nitrogens is 1. The van der Waals surface area contributed by atoms with Crippen LogP contribution >= 0.6 is 0 Å². The zero-order valence-corrected chi connectivity index (χ0v) is 14.0.